The Labute approximate surface area is 104 Å². The summed E-state index contributed by atoms with van der Waals surface area (Å²) in [5.74, 6) is 0. The summed E-state index contributed by atoms with van der Waals surface area (Å²) >= 11 is 0. The van der Waals surface area contributed by atoms with Gasteiger partial charge in [0.05, 0.1) is 17.4 Å². The number of nitrogens with one attached hydrogen (secondary N) is 1. The van der Waals surface area contributed by atoms with Gasteiger partial charge in [-0.1, -0.05) is 35.5 Å². The average Bonchev–Trinajstić information content (AvgIpc) is 2.84. The lowest BCUT2D eigenvalue weighted by Crippen LogP contribution is -2.03. The van der Waals surface area contributed by atoms with Crippen molar-refractivity contribution in [2.24, 2.45) is 5.16 Å². The summed E-state index contributed by atoms with van der Waals surface area (Å²) < 4.78 is 0. The van der Waals surface area contributed by atoms with Crippen molar-refractivity contribution in [3.63, 3.8) is 0 Å². The van der Waals surface area contributed by atoms with E-state index in [1.807, 2.05) is 42.5 Å². The van der Waals surface area contributed by atoms with E-state index in [1.165, 1.54) is 0 Å². The summed E-state index contributed by atoms with van der Waals surface area (Å²) in [4.78, 5) is 7.24. The predicted octanol–water partition coefficient (Wildman–Crippen LogP) is 2.79. The number of fused-ring (bicyclic) bond motifs is 1. The van der Waals surface area contributed by atoms with Gasteiger partial charge in [-0.05, 0) is 12.1 Å². The molecule has 0 aliphatic heterocycles. The second kappa shape index (κ2) is 4.33. The molecule has 3 aromatic rings. The molecule has 18 heavy (non-hydrogen) atoms. The average molecular weight is 237 g/mol. The molecule has 0 fully saturated rings. The number of aromatic nitrogens is 2. The number of nitrogens with zero attached hydrogens (tertiary/aromatic N) is 2. The minimum Gasteiger partial charge on any atom is -0.410 e. The number of benzene rings is 1. The van der Waals surface area contributed by atoms with Gasteiger partial charge in [-0.15, -0.1) is 0 Å². The summed E-state index contributed by atoms with van der Waals surface area (Å²) in [6.07, 6.45) is 3.48. The van der Waals surface area contributed by atoms with E-state index in [2.05, 4.69) is 15.1 Å². The number of hydrogen-bond acceptors (Lipinski definition) is 3. The van der Waals surface area contributed by atoms with E-state index >= 15 is 0 Å². The van der Waals surface area contributed by atoms with Crippen molar-refractivity contribution in [2.75, 3.05) is 0 Å². The van der Waals surface area contributed by atoms with Crippen molar-refractivity contribution in [3.05, 3.63) is 66.1 Å². The van der Waals surface area contributed by atoms with Crippen molar-refractivity contribution in [2.45, 2.75) is 0 Å². The summed E-state index contributed by atoms with van der Waals surface area (Å²) in [7, 11) is 0. The lowest BCUT2D eigenvalue weighted by atomic mass is 10.1. The van der Waals surface area contributed by atoms with Crippen LogP contribution < -0.4 is 0 Å². The molecule has 0 aliphatic rings. The van der Waals surface area contributed by atoms with Crippen molar-refractivity contribution < 1.29 is 5.21 Å². The molecule has 1 aromatic carbocycles. The van der Waals surface area contributed by atoms with E-state index in [0.717, 1.165) is 22.2 Å². The lowest BCUT2D eigenvalue weighted by molar-refractivity contribution is 0.319. The molecule has 4 nitrogen and oxygen atoms in total. The topological polar surface area (TPSA) is 61.3 Å². The highest BCUT2D eigenvalue weighted by atomic mass is 16.4. The Balaban J connectivity index is 2.13. The Morgan fingerprint density at radius 1 is 1.17 bits per heavy atom. The number of hydrogen-bond donors (Lipinski definition) is 2. The Hall–Kier alpha value is -2.62. The maximum atomic E-state index is 9.21. The number of rotatable bonds is 2. The predicted molar refractivity (Wildman–Crippen MR) is 70.0 cm³/mol. The highest BCUT2D eigenvalue weighted by Gasteiger charge is 2.10. The molecule has 0 bridgehead atoms. The molecule has 0 unspecified atom stereocenters. The largest absolute Gasteiger partial charge is 0.410 e. The smallest absolute Gasteiger partial charge is 0.133 e. The van der Waals surface area contributed by atoms with Gasteiger partial charge in [-0.2, -0.15) is 0 Å². The van der Waals surface area contributed by atoms with Crippen molar-refractivity contribution in [1.82, 2.24) is 9.97 Å². The first-order valence-electron chi connectivity index (χ1n) is 5.59. The molecule has 0 saturated carbocycles. The zero-order valence-corrected chi connectivity index (χ0v) is 9.54. The Morgan fingerprint density at radius 3 is 2.72 bits per heavy atom. The van der Waals surface area contributed by atoms with Crippen LogP contribution >= 0.6 is 0 Å². The van der Waals surface area contributed by atoms with Crippen LogP contribution in [-0.2, 0) is 0 Å². The zero-order chi connectivity index (χ0) is 12.4. The van der Waals surface area contributed by atoms with Crippen LogP contribution in [-0.4, -0.2) is 20.9 Å². The monoisotopic (exact) mass is 237 g/mol. The lowest BCUT2D eigenvalue weighted by Gasteiger charge is -2.01. The van der Waals surface area contributed by atoms with Gasteiger partial charge >= 0.3 is 0 Å². The Morgan fingerprint density at radius 2 is 2.00 bits per heavy atom. The number of oxime groups is 1. The molecule has 0 radical (unpaired) electrons. The number of H-pyrrole nitrogens is 1. The van der Waals surface area contributed by atoms with Crippen LogP contribution in [0.3, 0.4) is 0 Å². The van der Waals surface area contributed by atoms with Crippen LogP contribution in [0.2, 0.25) is 0 Å². The zero-order valence-electron chi connectivity index (χ0n) is 9.54. The van der Waals surface area contributed by atoms with E-state index in [9.17, 15) is 5.21 Å². The molecule has 0 amide bonds. The van der Waals surface area contributed by atoms with E-state index in [1.54, 1.807) is 12.4 Å². The first-order chi connectivity index (χ1) is 8.88. The highest BCUT2D eigenvalue weighted by Crippen LogP contribution is 2.17. The van der Waals surface area contributed by atoms with Crippen LogP contribution in [0.15, 0.2) is 60.0 Å². The Kier molecular flexibility index (Phi) is 2.53. The van der Waals surface area contributed by atoms with Crippen molar-refractivity contribution >= 4 is 16.6 Å². The molecule has 3 rings (SSSR count). The fraction of sp³-hybridized carbons (Fsp3) is 0. The summed E-state index contributed by atoms with van der Waals surface area (Å²) in [5.41, 5.74) is 3.07. The summed E-state index contributed by atoms with van der Waals surface area (Å²) in [6.45, 7) is 0. The fourth-order valence-electron chi connectivity index (χ4n) is 1.96. The molecule has 0 aliphatic carbocycles. The second-order valence-corrected chi connectivity index (χ2v) is 3.96. The molecule has 0 saturated heterocycles. The third kappa shape index (κ3) is 1.73. The van der Waals surface area contributed by atoms with E-state index in [4.69, 9.17) is 0 Å². The van der Waals surface area contributed by atoms with Gasteiger partial charge in [-0.3, -0.25) is 4.98 Å². The van der Waals surface area contributed by atoms with Gasteiger partial charge in [0.1, 0.15) is 5.71 Å². The second-order valence-electron chi connectivity index (χ2n) is 3.96. The minimum absolute atomic E-state index is 0.520. The molecule has 2 heterocycles. The highest BCUT2D eigenvalue weighted by molar-refractivity contribution is 6.13. The van der Waals surface area contributed by atoms with Crippen LogP contribution in [0.1, 0.15) is 11.3 Å². The third-order valence-corrected chi connectivity index (χ3v) is 2.83. The summed E-state index contributed by atoms with van der Waals surface area (Å²) in [5, 5.41) is 13.6. The van der Waals surface area contributed by atoms with Gasteiger partial charge in [0, 0.05) is 17.1 Å². The minimum atomic E-state index is 0.520. The normalized spacial score (nSPS) is 11.9. The van der Waals surface area contributed by atoms with Gasteiger partial charge < -0.3 is 10.2 Å². The first kappa shape index (κ1) is 10.5. The van der Waals surface area contributed by atoms with Crippen molar-refractivity contribution in [1.29, 1.82) is 0 Å². The first-order valence-corrected chi connectivity index (χ1v) is 5.59. The van der Waals surface area contributed by atoms with Gasteiger partial charge in [-0.25, -0.2) is 0 Å². The molecule has 88 valence electrons. The molecular formula is C14H11N3O. The van der Waals surface area contributed by atoms with Gasteiger partial charge in [0.25, 0.3) is 0 Å². The molecular weight excluding hydrogens is 226 g/mol. The van der Waals surface area contributed by atoms with Crippen LogP contribution in [0.25, 0.3) is 10.9 Å². The summed E-state index contributed by atoms with van der Waals surface area (Å²) in [6, 6.07) is 13.4. The fourth-order valence-corrected chi connectivity index (χ4v) is 1.96. The molecule has 2 N–H and O–H groups in total. The van der Waals surface area contributed by atoms with Crippen LogP contribution in [0.4, 0.5) is 0 Å². The Bertz CT molecular complexity index is 668. The standard InChI is InChI=1S/C14H11N3O/c18-17-14(10-4-2-1-3-5-10)12-8-11-6-7-15-9-13(11)16-12/h1-9,16,18H/b17-14+. The maximum absolute atomic E-state index is 9.21. The molecule has 0 atom stereocenters. The third-order valence-electron chi connectivity index (χ3n) is 2.83. The SMILES string of the molecule is O/N=C(\c1ccccc1)c1cc2ccncc2[nH]1. The maximum Gasteiger partial charge on any atom is 0.133 e. The number of pyridine rings is 1. The van der Waals surface area contributed by atoms with E-state index in [-0.39, 0.29) is 0 Å². The quantitative estimate of drug-likeness (QED) is 0.409. The molecule has 2 aromatic heterocycles. The molecule has 4 heteroatoms. The number of aromatic amines is 1. The van der Waals surface area contributed by atoms with Crippen molar-refractivity contribution in [3.8, 4) is 0 Å². The van der Waals surface area contributed by atoms with Crippen LogP contribution in [0.5, 0.6) is 0 Å². The van der Waals surface area contributed by atoms with E-state index < -0.39 is 0 Å². The van der Waals surface area contributed by atoms with Crippen LogP contribution in [0, 0.1) is 0 Å². The molecule has 0 spiro atoms. The van der Waals surface area contributed by atoms with Gasteiger partial charge in [0.2, 0.25) is 0 Å². The van der Waals surface area contributed by atoms with Gasteiger partial charge in [0.15, 0.2) is 0 Å². The van der Waals surface area contributed by atoms with E-state index in [0.29, 0.717) is 5.71 Å².